The fourth-order valence-electron chi connectivity index (χ4n) is 3.08. The van der Waals surface area contributed by atoms with Gasteiger partial charge in [-0.25, -0.2) is 0 Å². The Balaban J connectivity index is 2.06. The molecule has 2 aliphatic rings. The second-order valence-electron chi connectivity index (χ2n) is 5.49. The molecule has 0 radical (unpaired) electrons. The Morgan fingerprint density at radius 2 is 2.28 bits per heavy atom. The molecule has 2 fully saturated rings. The van der Waals surface area contributed by atoms with Crippen LogP contribution in [-0.4, -0.2) is 48.1 Å². The standard InChI is InChI=1S/C13H22N2O3/c1-2-13(5-6-14-9-13)12(18)15-7-3-4-10(8-15)11(16)17/h10,14H,2-9H2,1H3,(H,16,17)/t10-,13?/m0/s1. The van der Waals surface area contributed by atoms with Gasteiger partial charge in [0.05, 0.1) is 11.3 Å². The quantitative estimate of drug-likeness (QED) is 0.778. The molecular formula is C13H22N2O3. The Bertz CT molecular complexity index is 337. The van der Waals surface area contributed by atoms with Gasteiger partial charge in [-0.15, -0.1) is 0 Å². The van der Waals surface area contributed by atoms with Gasteiger partial charge >= 0.3 is 5.97 Å². The summed E-state index contributed by atoms with van der Waals surface area (Å²) in [4.78, 5) is 25.4. The number of aliphatic carboxylic acids is 1. The van der Waals surface area contributed by atoms with Crippen molar-refractivity contribution < 1.29 is 14.7 Å². The van der Waals surface area contributed by atoms with Crippen molar-refractivity contribution in [1.82, 2.24) is 10.2 Å². The van der Waals surface area contributed by atoms with Crippen LogP contribution < -0.4 is 5.32 Å². The number of likely N-dealkylation sites (tertiary alicyclic amines) is 1. The zero-order chi connectivity index (χ0) is 13.2. The maximum Gasteiger partial charge on any atom is 0.308 e. The van der Waals surface area contributed by atoms with E-state index in [9.17, 15) is 9.59 Å². The number of nitrogens with zero attached hydrogens (tertiary/aromatic N) is 1. The molecule has 2 aliphatic heterocycles. The Morgan fingerprint density at radius 3 is 2.83 bits per heavy atom. The first-order chi connectivity index (χ1) is 8.59. The lowest BCUT2D eigenvalue weighted by atomic mass is 9.82. The highest BCUT2D eigenvalue weighted by atomic mass is 16.4. The van der Waals surface area contributed by atoms with Crippen LogP contribution >= 0.6 is 0 Å². The lowest BCUT2D eigenvalue weighted by Crippen LogP contribution is -2.50. The van der Waals surface area contributed by atoms with Crippen molar-refractivity contribution >= 4 is 11.9 Å². The lowest BCUT2D eigenvalue weighted by molar-refractivity contribution is -0.149. The summed E-state index contributed by atoms with van der Waals surface area (Å²) in [7, 11) is 0. The highest BCUT2D eigenvalue weighted by Gasteiger charge is 2.43. The summed E-state index contributed by atoms with van der Waals surface area (Å²) in [6.07, 6.45) is 3.19. The summed E-state index contributed by atoms with van der Waals surface area (Å²) in [6, 6.07) is 0. The minimum atomic E-state index is -0.775. The van der Waals surface area contributed by atoms with Crippen molar-refractivity contribution in [1.29, 1.82) is 0 Å². The molecule has 1 unspecified atom stereocenters. The third kappa shape index (κ3) is 2.36. The summed E-state index contributed by atoms with van der Waals surface area (Å²) in [5.74, 6) is -1.01. The van der Waals surface area contributed by atoms with Gasteiger partial charge < -0.3 is 15.3 Å². The van der Waals surface area contributed by atoms with E-state index in [4.69, 9.17) is 5.11 Å². The summed E-state index contributed by atoms with van der Waals surface area (Å²) in [6.45, 7) is 4.76. The summed E-state index contributed by atoms with van der Waals surface area (Å²) >= 11 is 0. The van der Waals surface area contributed by atoms with E-state index in [1.807, 2.05) is 6.92 Å². The molecule has 18 heavy (non-hydrogen) atoms. The molecule has 2 N–H and O–H groups in total. The highest BCUT2D eigenvalue weighted by molar-refractivity contribution is 5.84. The number of piperidine rings is 1. The molecular weight excluding hydrogens is 232 g/mol. The third-order valence-corrected chi connectivity index (χ3v) is 4.43. The normalized spacial score (nSPS) is 32.5. The molecule has 0 bridgehead atoms. The first-order valence-electron chi connectivity index (χ1n) is 6.82. The van der Waals surface area contributed by atoms with Gasteiger partial charge in [0.15, 0.2) is 0 Å². The molecule has 0 aromatic carbocycles. The Hall–Kier alpha value is -1.10. The molecule has 0 aromatic heterocycles. The van der Waals surface area contributed by atoms with Crippen LogP contribution in [0.15, 0.2) is 0 Å². The summed E-state index contributed by atoms with van der Waals surface area (Å²) < 4.78 is 0. The van der Waals surface area contributed by atoms with Crippen LogP contribution in [0.1, 0.15) is 32.6 Å². The van der Waals surface area contributed by atoms with E-state index < -0.39 is 5.97 Å². The highest BCUT2D eigenvalue weighted by Crippen LogP contribution is 2.33. The topological polar surface area (TPSA) is 69.6 Å². The van der Waals surface area contributed by atoms with E-state index in [1.54, 1.807) is 4.90 Å². The molecule has 2 atom stereocenters. The number of rotatable bonds is 3. The molecule has 2 rings (SSSR count). The first kappa shape index (κ1) is 13.3. The van der Waals surface area contributed by atoms with Crippen LogP contribution in [0.2, 0.25) is 0 Å². The zero-order valence-corrected chi connectivity index (χ0v) is 10.9. The van der Waals surface area contributed by atoms with E-state index in [-0.39, 0.29) is 17.2 Å². The number of carboxylic acids is 1. The smallest absolute Gasteiger partial charge is 0.308 e. The van der Waals surface area contributed by atoms with Gasteiger partial charge in [0.25, 0.3) is 0 Å². The molecule has 0 spiro atoms. The van der Waals surface area contributed by atoms with Crippen LogP contribution in [0, 0.1) is 11.3 Å². The first-order valence-corrected chi connectivity index (χ1v) is 6.82. The monoisotopic (exact) mass is 254 g/mol. The van der Waals surface area contributed by atoms with Crippen molar-refractivity contribution in [2.24, 2.45) is 11.3 Å². The predicted octanol–water partition coefficient (Wildman–Crippen LogP) is 0.699. The van der Waals surface area contributed by atoms with Gasteiger partial charge in [-0.1, -0.05) is 6.92 Å². The van der Waals surface area contributed by atoms with Crippen LogP contribution in [0.4, 0.5) is 0 Å². The number of nitrogens with one attached hydrogen (secondary N) is 1. The van der Waals surface area contributed by atoms with Crippen LogP contribution in [-0.2, 0) is 9.59 Å². The lowest BCUT2D eigenvalue weighted by Gasteiger charge is -2.37. The number of carbonyl (C=O) groups excluding carboxylic acids is 1. The van der Waals surface area contributed by atoms with Crippen LogP contribution in [0.25, 0.3) is 0 Å². The average molecular weight is 254 g/mol. The molecule has 2 heterocycles. The molecule has 2 saturated heterocycles. The minimum Gasteiger partial charge on any atom is -0.481 e. The van der Waals surface area contributed by atoms with Crippen molar-refractivity contribution in [3.8, 4) is 0 Å². The SMILES string of the molecule is CCC1(C(=O)N2CCC[C@H](C(=O)O)C2)CCNC1. The van der Waals surface area contributed by atoms with E-state index in [0.717, 1.165) is 32.4 Å². The second-order valence-corrected chi connectivity index (χ2v) is 5.49. The van der Waals surface area contributed by atoms with Crippen molar-refractivity contribution in [2.45, 2.75) is 32.6 Å². The van der Waals surface area contributed by atoms with Gasteiger partial charge in [-0.2, -0.15) is 0 Å². The molecule has 0 aromatic rings. The zero-order valence-electron chi connectivity index (χ0n) is 10.9. The molecule has 5 nitrogen and oxygen atoms in total. The van der Waals surface area contributed by atoms with Gasteiger partial charge in [0.1, 0.15) is 0 Å². The van der Waals surface area contributed by atoms with Crippen LogP contribution in [0.5, 0.6) is 0 Å². The number of amides is 1. The largest absolute Gasteiger partial charge is 0.481 e. The number of carboxylic acid groups (broad SMARTS) is 1. The van der Waals surface area contributed by atoms with E-state index in [1.165, 1.54) is 0 Å². The van der Waals surface area contributed by atoms with E-state index in [0.29, 0.717) is 19.5 Å². The maximum atomic E-state index is 12.6. The molecule has 102 valence electrons. The van der Waals surface area contributed by atoms with Crippen LogP contribution in [0.3, 0.4) is 0 Å². The van der Waals surface area contributed by atoms with E-state index in [2.05, 4.69) is 5.32 Å². The van der Waals surface area contributed by atoms with Gasteiger partial charge in [-0.05, 0) is 32.2 Å². The number of hydrogen-bond acceptors (Lipinski definition) is 3. The molecule has 1 amide bonds. The fourth-order valence-corrected chi connectivity index (χ4v) is 3.08. The minimum absolute atomic E-state index is 0.154. The van der Waals surface area contributed by atoms with Crippen molar-refractivity contribution in [2.75, 3.05) is 26.2 Å². The Labute approximate surface area is 108 Å². The molecule has 5 heteroatoms. The second kappa shape index (κ2) is 5.26. The molecule has 0 saturated carbocycles. The van der Waals surface area contributed by atoms with E-state index >= 15 is 0 Å². The van der Waals surface area contributed by atoms with Gasteiger partial charge in [-0.3, -0.25) is 9.59 Å². The third-order valence-electron chi connectivity index (χ3n) is 4.43. The van der Waals surface area contributed by atoms with Gasteiger partial charge in [0.2, 0.25) is 5.91 Å². The summed E-state index contributed by atoms with van der Waals surface area (Å²) in [5.41, 5.74) is -0.291. The Morgan fingerprint density at radius 1 is 1.50 bits per heavy atom. The predicted molar refractivity (Wildman–Crippen MR) is 67.2 cm³/mol. The van der Waals surface area contributed by atoms with Gasteiger partial charge in [0, 0.05) is 19.6 Å². The Kier molecular flexibility index (Phi) is 3.90. The van der Waals surface area contributed by atoms with Crippen molar-refractivity contribution in [3.05, 3.63) is 0 Å². The number of hydrogen-bond donors (Lipinski definition) is 2. The van der Waals surface area contributed by atoms with Crippen molar-refractivity contribution in [3.63, 3.8) is 0 Å². The fraction of sp³-hybridized carbons (Fsp3) is 0.846. The maximum absolute atomic E-state index is 12.6. The average Bonchev–Trinajstić information content (AvgIpc) is 2.88. The summed E-state index contributed by atoms with van der Waals surface area (Å²) in [5, 5.41) is 12.3. The number of carbonyl (C=O) groups is 2. The molecule has 0 aliphatic carbocycles.